The molecule has 1 aliphatic heterocycles. The van der Waals surface area contributed by atoms with Gasteiger partial charge in [-0.15, -0.1) is 11.3 Å². The number of benzene rings is 1. The summed E-state index contributed by atoms with van der Waals surface area (Å²) in [6.45, 7) is 2.92. The molecule has 6 nitrogen and oxygen atoms in total. The average molecular weight is 414 g/mol. The zero-order valence-electron chi connectivity index (χ0n) is 17.1. The molecule has 0 radical (unpaired) electrons. The Hall–Kier alpha value is -2.35. The minimum Gasteiger partial charge on any atom is -0.493 e. The SMILES string of the molecule is COc1ccc(-c2cn(C)c(=O)c3cc(CNC4CCNCC4)sc23)cc1OC. The van der Waals surface area contributed by atoms with Crippen LogP contribution in [0, 0.1) is 0 Å². The highest BCUT2D eigenvalue weighted by atomic mass is 32.1. The van der Waals surface area contributed by atoms with Gasteiger partial charge >= 0.3 is 0 Å². The molecule has 1 saturated heterocycles. The molecule has 4 rings (SSSR count). The van der Waals surface area contributed by atoms with Crippen LogP contribution in [0.3, 0.4) is 0 Å². The maximum Gasteiger partial charge on any atom is 0.259 e. The summed E-state index contributed by atoms with van der Waals surface area (Å²) in [5.74, 6) is 1.37. The summed E-state index contributed by atoms with van der Waals surface area (Å²) in [7, 11) is 5.06. The van der Waals surface area contributed by atoms with Gasteiger partial charge in [0, 0.05) is 41.0 Å². The van der Waals surface area contributed by atoms with Crippen LogP contribution in [0.1, 0.15) is 17.7 Å². The second-order valence-corrected chi connectivity index (χ2v) is 8.53. The Kier molecular flexibility index (Phi) is 5.89. The molecule has 2 N–H and O–H groups in total. The third-order valence-corrected chi connectivity index (χ3v) is 6.67. The van der Waals surface area contributed by atoms with Crippen molar-refractivity contribution in [2.24, 2.45) is 7.05 Å². The van der Waals surface area contributed by atoms with Gasteiger partial charge in [-0.3, -0.25) is 4.79 Å². The van der Waals surface area contributed by atoms with Gasteiger partial charge < -0.3 is 24.7 Å². The van der Waals surface area contributed by atoms with E-state index in [-0.39, 0.29) is 5.56 Å². The smallest absolute Gasteiger partial charge is 0.259 e. The first-order valence-electron chi connectivity index (χ1n) is 9.89. The van der Waals surface area contributed by atoms with E-state index < -0.39 is 0 Å². The number of pyridine rings is 1. The summed E-state index contributed by atoms with van der Waals surface area (Å²) in [4.78, 5) is 13.9. The standard InChI is InChI=1S/C22H27N3O3S/c1-25-13-18(14-4-5-19(27-2)20(10-14)28-3)21-17(22(25)26)11-16(29-21)12-24-15-6-8-23-9-7-15/h4-5,10-11,13,15,23-24H,6-9,12H2,1-3H3. The Balaban J connectivity index is 1.71. The molecule has 29 heavy (non-hydrogen) atoms. The van der Waals surface area contributed by atoms with E-state index in [1.807, 2.05) is 30.5 Å². The van der Waals surface area contributed by atoms with E-state index in [1.165, 1.54) is 4.88 Å². The molecule has 1 aliphatic rings. The number of rotatable bonds is 6. The topological polar surface area (TPSA) is 64.5 Å². The van der Waals surface area contributed by atoms with Crippen LogP contribution in [0.2, 0.25) is 0 Å². The van der Waals surface area contributed by atoms with Crippen LogP contribution in [0.15, 0.2) is 35.3 Å². The first-order valence-corrected chi connectivity index (χ1v) is 10.7. The maximum absolute atomic E-state index is 12.8. The molecular formula is C22H27N3O3S. The van der Waals surface area contributed by atoms with Crippen molar-refractivity contribution in [2.45, 2.75) is 25.4 Å². The van der Waals surface area contributed by atoms with Crippen molar-refractivity contribution in [3.63, 3.8) is 0 Å². The zero-order chi connectivity index (χ0) is 20.4. The largest absolute Gasteiger partial charge is 0.493 e. The molecule has 154 valence electrons. The lowest BCUT2D eigenvalue weighted by atomic mass is 10.1. The molecule has 0 bridgehead atoms. The van der Waals surface area contributed by atoms with Gasteiger partial charge in [-0.2, -0.15) is 0 Å². The minimum atomic E-state index is 0.0357. The average Bonchev–Trinajstić information content (AvgIpc) is 3.19. The van der Waals surface area contributed by atoms with E-state index in [4.69, 9.17) is 9.47 Å². The third-order valence-electron chi connectivity index (χ3n) is 5.50. The molecule has 2 aromatic heterocycles. The van der Waals surface area contributed by atoms with Gasteiger partial charge in [0.05, 0.1) is 19.6 Å². The van der Waals surface area contributed by atoms with Crippen molar-refractivity contribution in [3.8, 4) is 22.6 Å². The van der Waals surface area contributed by atoms with Gasteiger partial charge in [0.15, 0.2) is 11.5 Å². The lowest BCUT2D eigenvalue weighted by Gasteiger charge is -2.23. The molecule has 3 aromatic rings. The number of fused-ring (bicyclic) bond motifs is 1. The number of thiophene rings is 1. The van der Waals surface area contributed by atoms with Gasteiger partial charge in [0.25, 0.3) is 5.56 Å². The number of hydrogen-bond acceptors (Lipinski definition) is 6. The number of aryl methyl sites for hydroxylation is 1. The minimum absolute atomic E-state index is 0.0357. The highest BCUT2D eigenvalue weighted by Gasteiger charge is 2.17. The summed E-state index contributed by atoms with van der Waals surface area (Å²) in [6.07, 6.45) is 4.19. The number of aromatic nitrogens is 1. The lowest BCUT2D eigenvalue weighted by molar-refractivity contribution is 0.355. The number of nitrogens with one attached hydrogen (secondary N) is 2. The van der Waals surface area contributed by atoms with Crippen molar-refractivity contribution in [2.75, 3.05) is 27.3 Å². The van der Waals surface area contributed by atoms with E-state index in [0.29, 0.717) is 17.5 Å². The van der Waals surface area contributed by atoms with Crippen LogP contribution in [0.4, 0.5) is 0 Å². The Morgan fingerprint density at radius 1 is 1.17 bits per heavy atom. The molecule has 0 aliphatic carbocycles. The molecule has 0 unspecified atom stereocenters. The van der Waals surface area contributed by atoms with E-state index >= 15 is 0 Å². The molecule has 3 heterocycles. The molecular weight excluding hydrogens is 386 g/mol. The maximum atomic E-state index is 12.8. The van der Waals surface area contributed by atoms with Crippen molar-refractivity contribution in [1.82, 2.24) is 15.2 Å². The molecule has 0 saturated carbocycles. The molecule has 0 spiro atoms. The van der Waals surface area contributed by atoms with E-state index in [2.05, 4.69) is 10.6 Å². The number of methoxy groups -OCH3 is 2. The fourth-order valence-corrected chi connectivity index (χ4v) is 5.00. The van der Waals surface area contributed by atoms with Gasteiger partial charge in [-0.05, 0) is 49.7 Å². The third kappa shape index (κ3) is 4.03. The van der Waals surface area contributed by atoms with Crippen LogP contribution >= 0.6 is 11.3 Å². The number of ether oxygens (including phenoxy) is 2. The highest BCUT2D eigenvalue weighted by molar-refractivity contribution is 7.19. The molecule has 0 amide bonds. The van der Waals surface area contributed by atoms with Gasteiger partial charge in [0.1, 0.15) is 0 Å². The first kappa shape index (κ1) is 19.9. The Bertz CT molecular complexity index is 1070. The summed E-state index contributed by atoms with van der Waals surface area (Å²) in [5.41, 5.74) is 2.07. The molecule has 0 atom stereocenters. The predicted octanol–water partition coefficient (Wildman–Crippen LogP) is 3.13. The fraction of sp³-hybridized carbons (Fsp3) is 0.409. The Morgan fingerprint density at radius 3 is 2.66 bits per heavy atom. The summed E-state index contributed by atoms with van der Waals surface area (Å²) in [5, 5.41) is 7.81. The second kappa shape index (κ2) is 8.57. The fourth-order valence-electron chi connectivity index (χ4n) is 3.87. The van der Waals surface area contributed by atoms with Crippen molar-refractivity contribution >= 4 is 21.4 Å². The quantitative estimate of drug-likeness (QED) is 0.650. The summed E-state index contributed by atoms with van der Waals surface area (Å²) < 4.78 is 13.5. The van der Waals surface area contributed by atoms with Crippen LogP contribution in [-0.4, -0.2) is 37.9 Å². The van der Waals surface area contributed by atoms with Crippen LogP contribution in [0.25, 0.3) is 21.2 Å². The number of hydrogen-bond donors (Lipinski definition) is 2. The number of nitrogens with zero attached hydrogens (tertiary/aromatic N) is 1. The van der Waals surface area contributed by atoms with Gasteiger partial charge in [0.2, 0.25) is 0 Å². The molecule has 7 heteroatoms. The highest BCUT2D eigenvalue weighted by Crippen LogP contribution is 2.37. The Morgan fingerprint density at radius 2 is 1.93 bits per heavy atom. The Labute approximate surface area is 174 Å². The van der Waals surface area contributed by atoms with Gasteiger partial charge in [-0.25, -0.2) is 0 Å². The zero-order valence-corrected chi connectivity index (χ0v) is 17.9. The first-order chi connectivity index (χ1) is 14.1. The van der Waals surface area contributed by atoms with Crippen LogP contribution in [-0.2, 0) is 13.6 Å². The van der Waals surface area contributed by atoms with Gasteiger partial charge in [-0.1, -0.05) is 6.07 Å². The van der Waals surface area contributed by atoms with Crippen molar-refractivity contribution in [3.05, 3.63) is 45.7 Å². The van der Waals surface area contributed by atoms with E-state index in [1.54, 1.807) is 37.2 Å². The van der Waals surface area contributed by atoms with E-state index in [9.17, 15) is 4.79 Å². The normalized spacial score (nSPS) is 15.0. The van der Waals surface area contributed by atoms with E-state index in [0.717, 1.165) is 53.7 Å². The van der Waals surface area contributed by atoms with Crippen molar-refractivity contribution < 1.29 is 9.47 Å². The predicted molar refractivity (Wildman–Crippen MR) is 118 cm³/mol. The second-order valence-electron chi connectivity index (χ2n) is 7.39. The van der Waals surface area contributed by atoms with Crippen molar-refractivity contribution in [1.29, 1.82) is 0 Å². The molecule has 1 aromatic carbocycles. The summed E-state index contributed by atoms with van der Waals surface area (Å²) >= 11 is 1.69. The molecule has 1 fully saturated rings. The number of piperidine rings is 1. The lowest BCUT2D eigenvalue weighted by Crippen LogP contribution is -2.39. The van der Waals surface area contributed by atoms with Crippen LogP contribution < -0.4 is 25.7 Å². The van der Waals surface area contributed by atoms with Crippen LogP contribution in [0.5, 0.6) is 11.5 Å². The monoisotopic (exact) mass is 413 g/mol. The summed E-state index contributed by atoms with van der Waals surface area (Å²) in [6, 6.07) is 8.45.